The van der Waals surface area contributed by atoms with Crippen LogP contribution in [-0.4, -0.2) is 17.3 Å². The number of rotatable bonds is 3. The summed E-state index contributed by atoms with van der Waals surface area (Å²) in [6.07, 6.45) is 0. The smallest absolute Gasteiger partial charge is 0.146 e. The van der Waals surface area contributed by atoms with E-state index >= 15 is 0 Å². The van der Waals surface area contributed by atoms with Crippen molar-refractivity contribution in [3.05, 3.63) is 39.9 Å². The molecule has 5 nitrogen and oxygen atoms in total. The van der Waals surface area contributed by atoms with Gasteiger partial charge < -0.3 is 14.9 Å². The van der Waals surface area contributed by atoms with Crippen molar-refractivity contribution in [3.63, 3.8) is 0 Å². The number of nitrogens with zero attached hydrogens (tertiary/aromatic N) is 2. The number of phenolic OH excluding ortho intramolecular Hbond substituents is 2. The second-order valence-corrected chi connectivity index (χ2v) is 5.42. The molecule has 0 heterocycles. The van der Waals surface area contributed by atoms with Gasteiger partial charge in [0.1, 0.15) is 28.6 Å². The zero-order valence-electron chi connectivity index (χ0n) is 12.8. The van der Waals surface area contributed by atoms with Crippen molar-refractivity contribution in [1.29, 1.82) is 0 Å². The van der Waals surface area contributed by atoms with Crippen LogP contribution in [0.1, 0.15) is 16.7 Å². The maximum Gasteiger partial charge on any atom is 0.146 e. The van der Waals surface area contributed by atoms with Gasteiger partial charge in [0.25, 0.3) is 0 Å². The number of halogens is 1. The van der Waals surface area contributed by atoms with Crippen molar-refractivity contribution in [3.8, 4) is 17.2 Å². The van der Waals surface area contributed by atoms with Crippen molar-refractivity contribution in [2.24, 2.45) is 10.2 Å². The normalized spacial score (nSPS) is 11.1. The molecule has 0 fully saturated rings. The molecular formula is C16H17ClN2O3. The molecule has 2 aromatic carbocycles. The number of azo groups is 1. The van der Waals surface area contributed by atoms with Crippen molar-refractivity contribution in [1.82, 2.24) is 0 Å². The van der Waals surface area contributed by atoms with Gasteiger partial charge in [-0.05, 0) is 37.5 Å². The molecule has 0 aromatic heterocycles. The van der Waals surface area contributed by atoms with E-state index in [1.54, 1.807) is 6.92 Å². The van der Waals surface area contributed by atoms with Crippen LogP contribution in [0.25, 0.3) is 0 Å². The fourth-order valence-electron chi connectivity index (χ4n) is 2.05. The fraction of sp³-hybridized carbons (Fsp3) is 0.250. The molecule has 6 heteroatoms. The topological polar surface area (TPSA) is 74.4 Å². The van der Waals surface area contributed by atoms with Crippen LogP contribution >= 0.6 is 11.6 Å². The van der Waals surface area contributed by atoms with Crippen LogP contribution in [0, 0.1) is 20.8 Å². The maximum atomic E-state index is 10.1. The van der Waals surface area contributed by atoms with E-state index in [0.29, 0.717) is 11.4 Å². The second-order valence-electron chi connectivity index (χ2n) is 5.01. The van der Waals surface area contributed by atoms with Crippen molar-refractivity contribution >= 4 is 23.0 Å². The molecule has 0 aliphatic heterocycles. The lowest BCUT2D eigenvalue weighted by molar-refractivity contribution is 0.413. The molecule has 2 N–H and O–H groups in total. The molecule has 0 saturated heterocycles. The zero-order valence-corrected chi connectivity index (χ0v) is 13.6. The van der Waals surface area contributed by atoms with E-state index < -0.39 is 0 Å². The number of phenols is 2. The highest BCUT2D eigenvalue weighted by molar-refractivity contribution is 6.32. The van der Waals surface area contributed by atoms with Gasteiger partial charge in [0, 0.05) is 12.1 Å². The third-order valence-corrected chi connectivity index (χ3v) is 3.78. The predicted molar refractivity (Wildman–Crippen MR) is 86.2 cm³/mol. The number of aryl methyl sites for hydroxylation is 2. The van der Waals surface area contributed by atoms with Crippen LogP contribution in [-0.2, 0) is 0 Å². The molecule has 0 radical (unpaired) electrons. The lowest BCUT2D eigenvalue weighted by Crippen LogP contribution is -1.86. The molecule has 2 aromatic rings. The highest BCUT2D eigenvalue weighted by Gasteiger charge is 2.12. The van der Waals surface area contributed by atoms with Crippen molar-refractivity contribution in [2.75, 3.05) is 7.11 Å². The van der Waals surface area contributed by atoms with E-state index in [1.165, 1.54) is 19.2 Å². The van der Waals surface area contributed by atoms with Gasteiger partial charge in [-0.25, -0.2) is 0 Å². The van der Waals surface area contributed by atoms with Crippen molar-refractivity contribution < 1.29 is 14.9 Å². The van der Waals surface area contributed by atoms with Gasteiger partial charge in [-0.2, -0.15) is 0 Å². The number of ether oxygens (including phenoxy) is 1. The van der Waals surface area contributed by atoms with E-state index in [9.17, 15) is 10.2 Å². The van der Waals surface area contributed by atoms with Gasteiger partial charge in [0.2, 0.25) is 0 Å². The summed E-state index contributed by atoms with van der Waals surface area (Å²) in [7, 11) is 1.47. The lowest BCUT2D eigenvalue weighted by Gasteiger charge is -2.09. The van der Waals surface area contributed by atoms with E-state index in [1.807, 2.05) is 19.9 Å². The Bertz CT molecular complexity index is 732. The number of methoxy groups -OCH3 is 1. The summed E-state index contributed by atoms with van der Waals surface area (Å²) in [6, 6.07) is 4.70. The summed E-state index contributed by atoms with van der Waals surface area (Å²) in [6.45, 7) is 5.58. The number of hydrogen-bond acceptors (Lipinski definition) is 5. The number of aromatic hydroxyl groups is 2. The molecule has 0 saturated carbocycles. The largest absolute Gasteiger partial charge is 0.506 e. The van der Waals surface area contributed by atoms with Crippen LogP contribution in [0.2, 0.25) is 5.02 Å². The predicted octanol–water partition coefficient (Wildman–Crippen LogP) is 5.10. The SMILES string of the molecule is COc1cc(N=Nc2c(C)c(C)cc(C)c2O)c(O)cc1Cl. The molecular weight excluding hydrogens is 304 g/mol. The Morgan fingerprint density at radius 3 is 2.32 bits per heavy atom. The molecule has 116 valence electrons. The Morgan fingerprint density at radius 2 is 1.68 bits per heavy atom. The van der Waals surface area contributed by atoms with Crippen molar-refractivity contribution in [2.45, 2.75) is 20.8 Å². The first kappa shape index (κ1) is 16.1. The summed E-state index contributed by atoms with van der Waals surface area (Å²) in [5, 5.41) is 28.4. The van der Waals surface area contributed by atoms with E-state index in [4.69, 9.17) is 16.3 Å². The summed E-state index contributed by atoms with van der Waals surface area (Å²) < 4.78 is 5.08. The quantitative estimate of drug-likeness (QED) is 0.772. The van der Waals surface area contributed by atoms with Gasteiger partial charge in [-0.3, -0.25) is 0 Å². The molecule has 22 heavy (non-hydrogen) atoms. The van der Waals surface area contributed by atoms with E-state index in [0.717, 1.165) is 16.7 Å². The molecule has 2 rings (SSSR count). The van der Waals surface area contributed by atoms with Gasteiger partial charge >= 0.3 is 0 Å². The highest BCUT2D eigenvalue weighted by Crippen LogP contribution is 2.40. The van der Waals surface area contributed by atoms with Crippen LogP contribution in [0.4, 0.5) is 11.4 Å². The Kier molecular flexibility index (Phi) is 4.56. The van der Waals surface area contributed by atoms with E-state index in [-0.39, 0.29) is 22.2 Å². The Hall–Kier alpha value is -2.27. The minimum Gasteiger partial charge on any atom is -0.506 e. The summed E-state index contributed by atoms with van der Waals surface area (Å²) in [5.41, 5.74) is 3.13. The molecule has 0 aliphatic rings. The van der Waals surface area contributed by atoms with Gasteiger partial charge in [-0.15, -0.1) is 10.2 Å². The van der Waals surface area contributed by atoms with Gasteiger partial charge in [0.15, 0.2) is 0 Å². The van der Waals surface area contributed by atoms with Crippen LogP contribution in [0.15, 0.2) is 28.4 Å². The zero-order chi connectivity index (χ0) is 16.4. The first-order valence-electron chi connectivity index (χ1n) is 6.63. The Labute approximate surface area is 133 Å². The monoisotopic (exact) mass is 320 g/mol. The lowest BCUT2D eigenvalue weighted by atomic mass is 10.0. The van der Waals surface area contributed by atoms with Gasteiger partial charge in [-0.1, -0.05) is 17.7 Å². The second kappa shape index (κ2) is 6.23. The van der Waals surface area contributed by atoms with Crippen LogP contribution < -0.4 is 4.74 Å². The first-order valence-corrected chi connectivity index (χ1v) is 7.01. The fourth-order valence-corrected chi connectivity index (χ4v) is 2.28. The molecule has 0 bridgehead atoms. The Morgan fingerprint density at radius 1 is 1.00 bits per heavy atom. The third-order valence-electron chi connectivity index (χ3n) is 3.48. The summed E-state index contributed by atoms with van der Waals surface area (Å²) >= 11 is 5.91. The minimum absolute atomic E-state index is 0.0762. The molecule has 0 unspecified atom stereocenters. The average Bonchev–Trinajstić information content (AvgIpc) is 2.47. The number of benzene rings is 2. The summed E-state index contributed by atoms with van der Waals surface area (Å²) in [5.74, 6) is 0.345. The first-order chi connectivity index (χ1) is 10.3. The molecule has 0 atom stereocenters. The Balaban J connectivity index is 2.50. The van der Waals surface area contributed by atoms with Crippen LogP contribution in [0.5, 0.6) is 17.2 Å². The van der Waals surface area contributed by atoms with E-state index in [2.05, 4.69) is 10.2 Å². The average molecular weight is 321 g/mol. The highest BCUT2D eigenvalue weighted by atomic mass is 35.5. The molecule has 0 amide bonds. The molecule has 0 aliphatic carbocycles. The third kappa shape index (κ3) is 2.99. The van der Waals surface area contributed by atoms with Crippen LogP contribution in [0.3, 0.4) is 0 Å². The maximum absolute atomic E-state index is 10.1. The standard InChI is InChI=1S/C16H17ClN2O3/c1-8-5-9(2)16(21)15(10(8)3)19-18-12-7-14(22-4)11(17)6-13(12)20/h5-7,20-21H,1-4H3. The molecule has 0 spiro atoms. The van der Waals surface area contributed by atoms with Gasteiger partial charge in [0.05, 0.1) is 12.1 Å². The summed E-state index contributed by atoms with van der Waals surface area (Å²) in [4.78, 5) is 0. The number of hydrogen-bond donors (Lipinski definition) is 2. The minimum atomic E-state index is -0.115.